The molecule has 0 spiro atoms. The molecule has 1 rings (SSSR count). The molecule has 0 fully saturated rings. The van der Waals surface area contributed by atoms with E-state index in [9.17, 15) is 0 Å². The summed E-state index contributed by atoms with van der Waals surface area (Å²) in [4.78, 5) is 0. The van der Waals surface area contributed by atoms with E-state index in [0.29, 0.717) is 6.54 Å². The maximum Gasteiger partial charge on any atom is 0.0220 e. The standard InChI is InChI=1S/C9H12BrIN2/c10-9-2-1-8(11)5-7(9)6-13-4-3-12/h1-2,5,13H,3-4,6,12H2. The third-order valence-corrected chi connectivity index (χ3v) is 3.09. The Balaban J connectivity index is 2.59. The summed E-state index contributed by atoms with van der Waals surface area (Å²) in [5.74, 6) is 0. The number of hydrogen-bond donors (Lipinski definition) is 2. The van der Waals surface area contributed by atoms with Crippen molar-refractivity contribution >= 4 is 38.5 Å². The predicted octanol–water partition coefficient (Wildman–Crippen LogP) is 2.10. The van der Waals surface area contributed by atoms with E-state index >= 15 is 0 Å². The summed E-state index contributed by atoms with van der Waals surface area (Å²) in [6.45, 7) is 2.41. The summed E-state index contributed by atoms with van der Waals surface area (Å²) < 4.78 is 2.41. The highest BCUT2D eigenvalue weighted by atomic mass is 127. The molecule has 3 N–H and O–H groups in total. The van der Waals surface area contributed by atoms with E-state index in [1.807, 2.05) is 0 Å². The molecule has 0 bridgehead atoms. The molecule has 0 saturated carbocycles. The average Bonchev–Trinajstić information content (AvgIpc) is 2.11. The lowest BCUT2D eigenvalue weighted by molar-refractivity contribution is 0.693. The number of rotatable bonds is 4. The molecule has 0 heterocycles. The number of halogens is 2. The van der Waals surface area contributed by atoms with Crippen LogP contribution in [-0.4, -0.2) is 13.1 Å². The molecule has 0 aliphatic carbocycles. The highest BCUT2D eigenvalue weighted by molar-refractivity contribution is 14.1. The van der Waals surface area contributed by atoms with E-state index in [1.165, 1.54) is 9.13 Å². The SMILES string of the molecule is NCCNCc1cc(I)ccc1Br. The zero-order valence-corrected chi connectivity index (χ0v) is 10.9. The van der Waals surface area contributed by atoms with Gasteiger partial charge in [-0.15, -0.1) is 0 Å². The van der Waals surface area contributed by atoms with Gasteiger partial charge in [-0.05, 0) is 46.4 Å². The Morgan fingerprint density at radius 3 is 2.92 bits per heavy atom. The lowest BCUT2D eigenvalue weighted by Gasteiger charge is -2.06. The Bertz CT molecular complexity index is 278. The van der Waals surface area contributed by atoms with Crippen LogP contribution >= 0.6 is 38.5 Å². The Labute approximate surface area is 101 Å². The summed E-state index contributed by atoms with van der Waals surface area (Å²) in [5.41, 5.74) is 6.66. The van der Waals surface area contributed by atoms with Gasteiger partial charge in [-0.3, -0.25) is 0 Å². The van der Waals surface area contributed by atoms with Gasteiger partial charge in [-0.25, -0.2) is 0 Å². The van der Waals surface area contributed by atoms with Crippen LogP contribution in [0.25, 0.3) is 0 Å². The molecule has 2 nitrogen and oxygen atoms in total. The van der Waals surface area contributed by atoms with Gasteiger partial charge in [-0.2, -0.15) is 0 Å². The zero-order valence-electron chi connectivity index (χ0n) is 7.19. The first-order valence-electron chi connectivity index (χ1n) is 4.08. The summed E-state index contributed by atoms with van der Waals surface area (Å²) in [6, 6.07) is 6.31. The van der Waals surface area contributed by atoms with Crippen LogP contribution in [0.3, 0.4) is 0 Å². The molecule has 0 atom stereocenters. The monoisotopic (exact) mass is 354 g/mol. The molecule has 1 aromatic rings. The van der Waals surface area contributed by atoms with E-state index in [0.717, 1.165) is 17.6 Å². The lowest BCUT2D eigenvalue weighted by atomic mass is 10.2. The van der Waals surface area contributed by atoms with Crippen LogP contribution in [0.15, 0.2) is 22.7 Å². The molecule has 0 aliphatic heterocycles. The van der Waals surface area contributed by atoms with Gasteiger partial charge >= 0.3 is 0 Å². The van der Waals surface area contributed by atoms with Gasteiger partial charge in [0.05, 0.1) is 0 Å². The molecule has 4 heteroatoms. The van der Waals surface area contributed by atoms with Crippen LogP contribution in [0.4, 0.5) is 0 Å². The van der Waals surface area contributed by atoms with Gasteiger partial charge in [0.1, 0.15) is 0 Å². The van der Waals surface area contributed by atoms with Gasteiger partial charge in [-0.1, -0.05) is 15.9 Å². The van der Waals surface area contributed by atoms with E-state index in [2.05, 4.69) is 62.0 Å². The van der Waals surface area contributed by atoms with Crippen molar-refractivity contribution in [3.8, 4) is 0 Å². The van der Waals surface area contributed by atoms with Crippen LogP contribution in [0, 0.1) is 3.57 Å². The molecular formula is C9H12BrIN2. The smallest absolute Gasteiger partial charge is 0.0220 e. The van der Waals surface area contributed by atoms with Crippen molar-refractivity contribution in [1.29, 1.82) is 0 Å². The molecular weight excluding hydrogens is 343 g/mol. The Kier molecular flexibility index (Phi) is 5.23. The fourth-order valence-corrected chi connectivity index (χ4v) is 1.95. The quantitative estimate of drug-likeness (QED) is 0.642. The Morgan fingerprint density at radius 2 is 2.23 bits per heavy atom. The number of hydrogen-bond acceptors (Lipinski definition) is 2. The normalized spacial score (nSPS) is 10.4. The maximum absolute atomic E-state index is 5.38. The summed E-state index contributed by atoms with van der Waals surface area (Å²) >= 11 is 5.82. The van der Waals surface area contributed by atoms with Crippen molar-refractivity contribution in [2.24, 2.45) is 5.73 Å². The molecule has 0 aromatic heterocycles. The number of benzene rings is 1. The second-order valence-corrected chi connectivity index (χ2v) is 4.80. The molecule has 0 aliphatic rings. The van der Waals surface area contributed by atoms with Crippen molar-refractivity contribution in [3.63, 3.8) is 0 Å². The predicted molar refractivity (Wildman–Crippen MR) is 67.6 cm³/mol. The first-order chi connectivity index (χ1) is 6.24. The van der Waals surface area contributed by atoms with Crippen molar-refractivity contribution in [2.75, 3.05) is 13.1 Å². The van der Waals surface area contributed by atoms with E-state index in [1.54, 1.807) is 0 Å². The fraction of sp³-hybridized carbons (Fsp3) is 0.333. The van der Waals surface area contributed by atoms with Crippen molar-refractivity contribution < 1.29 is 0 Å². The highest BCUT2D eigenvalue weighted by Crippen LogP contribution is 2.19. The van der Waals surface area contributed by atoms with Gasteiger partial charge in [0.15, 0.2) is 0 Å². The minimum absolute atomic E-state index is 0.682. The van der Waals surface area contributed by atoms with Crippen molar-refractivity contribution in [2.45, 2.75) is 6.54 Å². The molecule has 0 saturated heterocycles. The second-order valence-electron chi connectivity index (χ2n) is 2.70. The maximum atomic E-state index is 5.38. The molecule has 13 heavy (non-hydrogen) atoms. The summed E-state index contributed by atoms with van der Waals surface area (Å²) in [6.07, 6.45) is 0. The van der Waals surface area contributed by atoms with Crippen LogP contribution in [0.1, 0.15) is 5.56 Å². The number of nitrogens with one attached hydrogen (secondary N) is 1. The topological polar surface area (TPSA) is 38.0 Å². The molecule has 1 aromatic carbocycles. The van der Waals surface area contributed by atoms with Crippen molar-refractivity contribution in [1.82, 2.24) is 5.32 Å². The van der Waals surface area contributed by atoms with E-state index in [-0.39, 0.29) is 0 Å². The fourth-order valence-electron chi connectivity index (χ4n) is 1.00. The molecule has 0 radical (unpaired) electrons. The molecule has 0 amide bonds. The highest BCUT2D eigenvalue weighted by Gasteiger charge is 1.99. The third kappa shape index (κ3) is 3.93. The van der Waals surface area contributed by atoms with Gasteiger partial charge in [0, 0.05) is 27.7 Å². The Morgan fingerprint density at radius 1 is 1.46 bits per heavy atom. The average molecular weight is 355 g/mol. The van der Waals surface area contributed by atoms with E-state index in [4.69, 9.17) is 5.73 Å². The van der Waals surface area contributed by atoms with Crippen LogP contribution in [0.5, 0.6) is 0 Å². The zero-order chi connectivity index (χ0) is 9.68. The lowest BCUT2D eigenvalue weighted by Crippen LogP contribution is -2.22. The number of nitrogens with two attached hydrogens (primary N) is 1. The van der Waals surface area contributed by atoms with Crippen molar-refractivity contribution in [3.05, 3.63) is 31.8 Å². The first kappa shape index (κ1) is 11.4. The summed E-state index contributed by atoms with van der Waals surface area (Å²) in [5, 5.41) is 3.26. The minimum Gasteiger partial charge on any atom is -0.329 e. The summed E-state index contributed by atoms with van der Waals surface area (Å²) in [7, 11) is 0. The van der Waals surface area contributed by atoms with Gasteiger partial charge in [0.2, 0.25) is 0 Å². The van der Waals surface area contributed by atoms with E-state index < -0.39 is 0 Å². The van der Waals surface area contributed by atoms with Crippen LogP contribution in [0.2, 0.25) is 0 Å². The van der Waals surface area contributed by atoms with Gasteiger partial charge in [0.25, 0.3) is 0 Å². The Hall–Kier alpha value is 0.350. The third-order valence-electron chi connectivity index (χ3n) is 1.64. The second kappa shape index (κ2) is 5.95. The largest absolute Gasteiger partial charge is 0.329 e. The molecule has 0 unspecified atom stereocenters. The van der Waals surface area contributed by atoms with Gasteiger partial charge < -0.3 is 11.1 Å². The minimum atomic E-state index is 0.682. The first-order valence-corrected chi connectivity index (χ1v) is 5.96. The van der Waals surface area contributed by atoms with Crippen LogP contribution in [-0.2, 0) is 6.54 Å². The van der Waals surface area contributed by atoms with Crippen LogP contribution < -0.4 is 11.1 Å². The molecule has 72 valence electrons.